The zero-order valence-corrected chi connectivity index (χ0v) is 17.0. The van der Waals surface area contributed by atoms with Crippen LogP contribution in [0.2, 0.25) is 0 Å². The fourth-order valence-corrected chi connectivity index (χ4v) is 4.30. The van der Waals surface area contributed by atoms with E-state index in [1.165, 1.54) is 22.5 Å². The first-order valence-electron chi connectivity index (χ1n) is 7.90. The average molecular weight is 419 g/mol. The van der Waals surface area contributed by atoms with E-state index < -0.39 is 0 Å². The number of amides is 1. The van der Waals surface area contributed by atoms with Gasteiger partial charge in [-0.3, -0.25) is 10.1 Å². The number of hydrogen-bond donors (Lipinski definition) is 1. The molecule has 3 rings (SSSR count). The van der Waals surface area contributed by atoms with Gasteiger partial charge in [0.25, 0.3) is 5.91 Å². The molecule has 6 heteroatoms. The monoisotopic (exact) mass is 418 g/mol. The molecule has 2 aromatic carbocycles. The Morgan fingerprint density at radius 2 is 1.72 bits per heavy atom. The molecule has 0 unspecified atom stereocenters. The molecule has 3 aromatic rings. The van der Waals surface area contributed by atoms with Gasteiger partial charge in [-0.25, -0.2) is 4.98 Å². The number of aryl methyl sites for hydroxylation is 4. The Labute approximate surface area is 159 Å². The number of halogens is 1. The molecule has 25 heavy (non-hydrogen) atoms. The van der Waals surface area contributed by atoms with Crippen molar-refractivity contribution in [1.82, 2.24) is 4.98 Å². The SMILES string of the molecule is Cc1cc2nc(NC(=O)COc3c(C)cc(Br)cc3C)sc2cc1C. The molecule has 0 fully saturated rings. The predicted molar refractivity (Wildman–Crippen MR) is 107 cm³/mol. The van der Waals surface area contributed by atoms with Crippen LogP contribution >= 0.6 is 27.3 Å². The highest BCUT2D eigenvalue weighted by atomic mass is 79.9. The fraction of sp³-hybridized carbons (Fsp3) is 0.263. The maximum Gasteiger partial charge on any atom is 0.264 e. The standard InChI is InChI=1S/C19H19BrN2O2S/c1-10-7-15-16(8-11(10)2)25-19(21-15)22-17(23)9-24-18-12(3)5-14(20)6-13(18)4/h5-8H,9H2,1-4H3,(H,21,22,23). The number of nitrogens with zero attached hydrogens (tertiary/aromatic N) is 1. The van der Waals surface area contributed by atoms with Gasteiger partial charge in [0.1, 0.15) is 5.75 Å². The van der Waals surface area contributed by atoms with E-state index in [0.29, 0.717) is 5.13 Å². The summed E-state index contributed by atoms with van der Waals surface area (Å²) >= 11 is 4.93. The van der Waals surface area contributed by atoms with Crippen LogP contribution in [0, 0.1) is 27.7 Å². The van der Waals surface area contributed by atoms with Crippen molar-refractivity contribution in [3.63, 3.8) is 0 Å². The first kappa shape index (κ1) is 17.9. The molecule has 0 bridgehead atoms. The Morgan fingerprint density at radius 1 is 1.08 bits per heavy atom. The van der Waals surface area contributed by atoms with E-state index in [1.807, 2.05) is 32.0 Å². The highest BCUT2D eigenvalue weighted by molar-refractivity contribution is 9.10. The largest absolute Gasteiger partial charge is 0.483 e. The van der Waals surface area contributed by atoms with Gasteiger partial charge in [-0.2, -0.15) is 0 Å². The van der Waals surface area contributed by atoms with Gasteiger partial charge in [0.05, 0.1) is 10.2 Å². The summed E-state index contributed by atoms with van der Waals surface area (Å²) in [5, 5.41) is 3.42. The second kappa shape index (κ2) is 7.14. The number of benzene rings is 2. The quantitative estimate of drug-likeness (QED) is 0.624. The number of nitrogens with one attached hydrogen (secondary N) is 1. The Kier molecular flexibility index (Phi) is 5.11. The van der Waals surface area contributed by atoms with Crippen LogP contribution in [0.4, 0.5) is 5.13 Å². The minimum Gasteiger partial charge on any atom is -0.483 e. The van der Waals surface area contributed by atoms with Crippen molar-refractivity contribution in [2.24, 2.45) is 0 Å². The molecular formula is C19H19BrN2O2S. The van der Waals surface area contributed by atoms with Crippen molar-refractivity contribution in [1.29, 1.82) is 0 Å². The summed E-state index contributed by atoms with van der Waals surface area (Å²) in [6.07, 6.45) is 0. The fourth-order valence-electron chi connectivity index (χ4n) is 2.65. The summed E-state index contributed by atoms with van der Waals surface area (Å²) in [4.78, 5) is 16.7. The number of ether oxygens (including phenoxy) is 1. The lowest BCUT2D eigenvalue weighted by molar-refractivity contribution is -0.118. The van der Waals surface area contributed by atoms with Crippen LogP contribution in [0.5, 0.6) is 5.75 Å². The average Bonchev–Trinajstić information content (AvgIpc) is 2.87. The number of rotatable bonds is 4. The first-order chi connectivity index (χ1) is 11.8. The Morgan fingerprint density at radius 3 is 2.40 bits per heavy atom. The number of carbonyl (C=O) groups excluding carboxylic acids is 1. The molecule has 1 aromatic heterocycles. The normalized spacial score (nSPS) is 10.9. The van der Waals surface area contributed by atoms with Crippen molar-refractivity contribution in [2.45, 2.75) is 27.7 Å². The van der Waals surface area contributed by atoms with E-state index in [4.69, 9.17) is 4.74 Å². The van der Waals surface area contributed by atoms with E-state index in [1.54, 1.807) is 0 Å². The number of hydrogen-bond acceptors (Lipinski definition) is 4. The molecule has 0 spiro atoms. The molecule has 0 radical (unpaired) electrons. The summed E-state index contributed by atoms with van der Waals surface area (Å²) in [5.74, 6) is 0.531. The summed E-state index contributed by atoms with van der Waals surface area (Å²) in [5.41, 5.74) is 5.30. The lowest BCUT2D eigenvalue weighted by Gasteiger charge is -2.12. The summed E-state index contributed by atoms with van der Waals surface area (Å²) in [7, 11) is 0. The number of aromatic nitrogens is 1. The van der Waals surface area contributed by atoms with Crippen LogP contribution in [0.3, 0.4) is 0 Å². The lowest BCUT2D eigenvalue weighted by atomic mass is 10.1. The number of thiazole rings is 1. The van der Waals surface area contributed by atoms with Gasteiger partial charge < -0.3 is 4.74 Å². The van der Waals surface area contributed by atoms with Gasteiger partial charge in [0.15, 0.2) is 11.7 Å². The smallest absolute Gasteiger partial charge is 0.264 e. The molecule has 0 aliphatic rings. The number of fused-ring (bicyclic) bond motifs is 1. The van der Waals surface area contributed by atoms with Gasteiger partial charge in [0.2, 0.25) is 0 Å². The zero-order valence-electron chi connectivity index (χ0n) is 14.6. The predicted octanol–water partition coefficient (Wildman–Crippen LogP) is 5.31. The molecule has 0 atom stereocenters. The van der Waals surface area contributed by atoms with Crippen LogP contribution in [0.15, 0.2) is 28.7 Å². The Bertz CT molecular complexity index is 903. The van der Waals surface area contributed by atoms with Crippen molar-refractivity contribution >= 4 is 48.5 Å². The molecule has 1 amide bonds. The van der Waals surface area contributed by atoms with Gasteiger partial charge >= 0.3 is 0 Å². The van der Waals surface area contributed by atoms with Crippen LogP contribution in [0.25, 0.3) is 10.2 Å². The first-order valence-corrected chi connectivity index (χ1v) is 9.51. The summed E-state index contributed by atoms with van der Waals surface area (Å²) in [6, 6.07) is 8.09. The van der Waals surface area contributed by atoms with Crippen LogP contribution in [-0.4, -0.2) is 17.5 Å². The minimum atomic E-state index is -0.214. The van der Waals surface area contributed by atoms with Gasteiger partial charge in [0, 0.05) is 4.47 Å². The van der Waals surface area contributed by atoms with Crippen LogP contribution in [0.1, 0.15) is 22.3 Å². The molecule has 130 valence electrons. The maximum absolute atomic E-state index is 12.2. The molecule has 1 N–H and O–H groups in total. The van der Waals surface area contributed by atoms with Crippen LogP contribution in [-0.2, 0) is 4.79 Å². The van der Waals surface area contributed by atoms with Crippen molar-refractivity contribution in [3.8, 4) is 5.75 Å². The molecule has 0 saturated carbocycles. The highest BCUT2D eigenvalue weighted by Gasteiger charge is 2.12. The van der Waals surface area contributed by atoms with Crippen LogP contribution < -0.4 is 10.1 Å². The van der Waals surface area contributed by atoms with Crippen molar-refractivity contribution in [2.75, 3.05) is 11.9 Å². The summed E-state index contributed by atoms with van der Waals surface area (Å²) < 4.78 is 7.78. The minimum absolute atomic E-state index is 0.0444. The van der Waals surface area contributed by atoms with Crippen molar-refractivity contribution < 1.29 is 9.53 Å². The van der Waals surface area contributed by atoms with Gasteiger partial charge in [-0.05, 0) is 74.2 Å². The lowest BCUT2D eigenvalue weighted by Crippen LogP contribution is -2.20. The second-order valence-electron chi connectivity index (χ2n) is 6.13. The van der Waals surface area contributed by atoms with E-state index in [0.717, 1.165) is 31.6 Å². The van der Waals surface area contributed by atoms with Crippen molar-refractivity contribution in [3.05, 3.63) is 51.0 Å². The Hall–Kier alpha value is -1.92. The van der Waals surface area contributed by atoms with E-state index in [9.17, 15) is 4.79 Å². The van der Waals surface area contributed by atoms with Gasteiger partial charge in [-0.15, -0.1) is 0 Å². The summed E-state index contributed by atoms with van der Waals surface area (Å²) in [6.45, 7) is 8.01. The second-order valence-corrected chi connectivity index (χ2v) is 8.08. The zero-order chi connectivity index (χ0) is 18.1. The third-order valence-electron chi connectivity index (χ3n) is 4.02. The maximum atomic E-state index is 12.2. The van der Waals surface area contributed by atoms with E-state index in [-0.39, 0.29) is 12.5 Å². The topological polar surface area (TPSA) is 51.2 Å². The molecule has 4 nitrogen and oxygen atoms in total. The Balaban J connectivity index is 1.69. The molecular weight excluding hydrogens is 400 g/mol. The molecule has 0 aliphatic carbocycles. The highest BCUT2D eigenvalue weighted by Crippen LogP contribution is 2.29. The van der Waals surface area contributed by atoms with Gasteiger partial charge in [-0.1, -0.05) is 27.3 Å². The molecule has 1 heterocycles. The third-order valence-corrected chi connectivity index (χ3v) is 5.41. The van der Waals surface area contributed by atoms with E-state index >= 15 is 0 Å². The number of anilines is 1. The molecule has 0 aliphatic heterocycles. The third kappa shape index (κ3) is 4.02. The van der Waals surface area contributed by atoms with E-state index in [2.05, 4.69) is 46.1 Å². The number of carbonyl (C=O) groups is 1. The molecule has 0 saturated heterocycles.